The number of hydrogen-bond acceptors (Lipinski definition) is 4. The number of ether oxygens (including phenoxy) is 1. The minimum atomic E-state index is -0.935. The molecule has 0 saturated heterocycles. The lowest BCUT2D eigenvalue weighted by Crippen LogP contribution is -2.29. The Bertz CT molecular complexity index is 259. The van der Waals surface area contributed by atoms with Crippen LogP contribution >= 0.6 is 0 Å². The van der Waals surface area contributed by atoms with Gasteiger partial charge < -0.3 is 9.84 Å². The number of aliphatic carboxylic acids is 1. The Morgan fingerprint density at radius 2 is 1.81 bits per heavy atom. The second kappa shape index (κ2) is 8.67. The molecule has 0 aromatic rings. The van der Waals surface area contributed by atoms with E-state index in [0.717, 1.165) is 6.08 Å². The summed E-state index contributed by atoms with van der Waals surface area (Å²) in [7, 11) is 3.67. The summed E-state index contributed by atoms with van der Waals surface area (Å²) in [6.45, 7) is 9.67. The second-order valence-electron chi connectivity index (χ2n) is 3.29. The molecule has 0 aliphatic carbocycles. The molecule has 0 amide bonds. The van der Waals surface area contributed by atoms with E-state index in [4.69, 9.17) is 9.84 Å². The molecule has 0 saturated carbocycles. The van der Waals surface area contributed by atoms with Gasteiger partial charge in [-0.2, -0.15) is 0 Å². The predicted octanol–water partition coefficient (Wildman–Crippen LogP) is 1.27. The molecule has 1 N–H and O–H groups in total. The number of rotatable bonds is 4. The topological polar surface area (TPSA) is 66.8 Å². The molecule has 1 unspecified atom stereocenters. The Labute approximate surface area is 96.0 Å². The first-order chi connectivity index (χ1) is 7.22. The van der Waals surface area contributed by atoms with Gasteiger partial charge in [0.15, 0.2) is 6.23 Å². The lowest BCUT2D eigenvalue weighted by molar-refractivity contribution is -0.149. The zero-order valence-electron chi connectivity index (χ0n) is 10.2. The van der Waals surface area contributed by atoms with Gasteiger partial charge in [-0.05, 0) is 27.9 Å². The minimum Gasteiger partial charge on any atom is -0.478 e. The predicted molar refractivity (Wildman–Crippen MR) is 61.9 cm³/mol. The summed E-state index contributed by atoms with van der Waals surface area (Å²) in [6, 6.07) is 0. The standard InChI is InChI=1S/C7H13NO2.C4H6O2/c1-5-7(9)10-6(2)8(3)4;1-3(2)4(5)6/h5-6H,1H2,2-4H3;1H2,2H3,(H,5,6). The molecule has 0 radical (unpaired) electrons. The highest BCUT2D eigenvalue weighted by molar-refractivity contribution is 5.84. The molecule has 5 nitrogen and oxygen atoms in total. The van der Waals surface area contributed by atoms with E-state index in [1.807, 2.05) is 14.1 Å². The minimum absolute atomic E-state index is 0.176. The molecule has 0 bridgehead atoms. The first-order valence-electron chi connectivity index (χ1n) is 4.60. The summed E-state index contributed by atoms with van der Waals surface area (Å²) in [6.07, 6.45) is 0.963. The van der Waals surface area contributed by atoms with E-state index in [9.17, 15) is 9.59 Å². The maximum absolute atomic E-state index is 10.6. The van der Waals surface area contributed by atoms with E-state index >= 15 is 0 Å². The van der Waals surface area contributed by atoms with E-state index in [0.29, 0.717) is 0 Å². The van der Waals surface area contributed by atoms with Gasteiger partial charge in [0.2, 0.25) is 0 Å². The van der Waals surface area contributed by atoms with E-state index in [2.05, 4.69) is 13.2 Å². The molecule has 16 heavy (non-hydrogen) atoms. The average Bonchev–Trinajstić information content (AvgIpc) is 2.18. The van der Waals surface area contributed by atoms with Crippen molar-refractivity contribution < 1.29 is 19.4 Å². The summed E-state index contributed by atoms with van der Waals surface area (Å²) in [5, 5.41) is 7.89. The maximum Gasteiger partial charge on any atom is 0.331 e. The van der Waals surface area contributed by atoms with Crippen LogP contribution in [-0.2, 0) is 14.3 Å². The molecule has 1 atom stereocenters. The fourth-order valence-corrected chi connectivity index (χ4v) is 0.322. The van der Waals surface area contributed by atoms with E-state index in [1.165, 1.54) is 6.92 Å². The van der Waals surface area contributed by atoms with Crippen LogP contribution in [0.1, 0.15) is 13.8 Å². The third-order valence-electron chi connectivity index (χ3n) is 1.55. The van der Waals surface area contributed by atoms with Crippen molar-refractivity contribution in [2.75, 3.05) is 14.1 Å². The number of nitrogens with zero attached hydrogens (tertiary/aromatic N) is 1. The lowest BCUT2D eigenvalue weighted by Gasteiger charge is -2.18. The van der Waals surface area contributed by atoms with Crippen LogP contribution in [-0.4, -0.2) is 42.3 Å². The Kier molecular flexibility index (Phi) is 9.10. The highest BCUT2D eigenvalue weighted by Gasteiger charge is 2.06. The quantitative estimate of drug-likeness (QED) is 0.446. The van der Waals surface area contributed by atoms with Crippen LogP contribution < -0.4 is 0 Å². The van der Waals surface area contributed by atoms with Crippen LogP contribution in [0.5, 0.6) is 0 Å². The van der Waals surface area contributed by atoms with Gasteiger partial charge >= 0.3 is 11.9 Å². The van der Waals surface area contributed by atoms with Gasteiger partial charge in [-0.25, -0.2) is 9.59 Å². The van der Waals surface area contributed by atoms with Crippen LogP contribution in [0, 0.1) is 0 Å². The Balaban J connectivity index is 0. The lowest BCUT2D eigenvalue weighted by atomic mass is 10.4. The fourth-order valence-electron chi connectivity index (χ4n) is 0.322. The molecule has 0 aliphatic rings. The van der Waals surface area contributed by atoms with Crippen LogP contribution in [0.25, 0.3) is 0 Å². The van der Waals surface area contributed by atoms with Crippen molar-refractivity contribution in [1.29, 1.82) is 0 Å². The third-order valence-corrected chi connectivity index (χ3v) is 1.55. The van der Waals surface area contributed by atoms with Gasteiger partial charge in [0.1, 0.15) is 0 Å². The number of carboxylic acid groups (broad SMARTS) is 1. The zero-order chi connectivity index (χ0) is 13.3. The fraction of sp³-hybridized carbons (Fsp3) is 0.455. The van der Waals surface area contributed by atoms with E-state index in [-0.39, 0.29) is 17.8 Å². The molecule has 0 fully saturated rings. The van der Waals surface area contributed by atoms with Crippen LogP contribution in [0.4, 0.5) is 0 Å². The van der Waals surface area contributed by atoms with Crippen LogP contribution in [0.3, 0.4) is 0 Å². The van der Waals surface area contributed by atoms with Crippen molar-refractivity contribution in [3.63, 3.8) is 0 Å². The van der Waals surface area contributed by atoms with Gasteiger partial charge in [-0.15, -0.1) is 0 Å². The summed E-state index contributed by atoms with van der Waals surface area (Å²) in [5.74, 6) is -1.32. The number of hydrogen-bond donors (Lipinski definition) is 1. The monoisotopic (exact) mass is 229 g/mol. The second-order valence-corrected chi connectivity index (χ2v) is 3.29. The van der Waals surface area contributed by atoms with E-state index in [1.54, 1.807) is 11.8 Å². The van der Waals surface area contributed by atoms with Crippen LogP contribution in [0.2, 0.25) is 0 Å². The highest BCUT2D eigenvalue weighted by atomic mass is 16.6. The number of carboxylic acids is 1. The summed E-state index contributed by atoms with van der Waals surface area (Å²) >= 11 is 0. The summed E-state index contributed by atoms with van der Waals surface area (Å²) in [5.41, 5.74) is 0.176. The first kappa shape index (κ1) is 16.8. The third kappa shape index (κ3) is 10.5. The SMILES string of the molecule is C=C(C)C(=O)O.C=CC(=O)OC(C)N(C)C. The Morgan fingerprint density at radius 3 is 2.00 bits per heavy atom. The van der Waals surface area contributed by atoms with Gasteiger partial charge in [-0.1, -0.05) is 13.2 Å². The van der Waals surface area contributed by atoms with Crippen LogP contribution in [0.15, 0.2) is 24.8 Å². The molecular weight excluding hydrogens is 210 g/mol. The van der Waals surface area contributed by atoms with Crippen molar-refractivity contribution in [3.8, 4) is 0 Å². The number of carbonyl (C=O) groups excluding carboxylic acids is 1. The Hall–Kier alpha value is -1.62. The molecule has 0 aromatic heterocycles. The molecule has 0 rings (SSSR count). The van der Waals surface area contributed by atoms with Crippen molar-refractivity contribution >= 4 is 11.9 Å². The molecule has 5 heteroatoms. The highest BCUT2D eigenvalue weighted by Crippen LogP contribution is 1.94. The molecule has 92 valence electrons. The van der Waals surface area contributed by atoms with Gasteiger partial charge in [-0.3, -0.25) is 4.90 Å². The Morgan fingerprint density at radius 1 is 1.44 bits per heavy atom. The maximum atomic E-state index is 10.6. The summed E-state index contributed by atoms with van der Waals surface area (Å²) in [4.78, 5) is 22.0. The molecule has 0 spiro atoms. The number of carbonyl (C=O) groups is 2. The van der Waals surface area contributed by atoms with Gasteiger partial charge in [0, 0.05) is 11.6 Å². The smallest absolute Gasteiger partial charge is 0.331 e. The number of esters is 1. The molecule has 0 aromatic carbocycles. The van der Waals surface area contributed by atoms with Gasteiger partial charge in [0.05, 0.1) is 0 Å². The normalized spacial score (nSPS) is 10.8. The molecular formula is C11H19NO4. The summed E-state index contributed by atoms with van der Waals surface area (Å²) < 4.78 is 4.83. The molecule has 0 heterocycles. The van der Waals surface area contributed by atoms with Crippen molar-refractivity contribution in [3.05, 3.63) is 24.8 Å². The van der Waals surface area contributed by atoms with Crippen molar-refractivity contribution in [2.45, 2.75) is 20.1 Å². The largest absolute Gasteiger partial charge is 0.478 e. The first-order valence-corrected chi connectivity index (χ1v) is 4.60. The van der Waals surface area contributed by atoms with Crippen molar-refractivity contribution in [1.82, 2.24) is 4.90 Å². The van der Waals surface area contributed by atoms with Crippen molar-refractivity contribution in [2.24, 2.45) is 0 Å². The van der Waals surface area contributed by atoms with Gasteiger partial charge in [0.25, 0.3) is 0 Å². The average molecular weight is 229 g/mol. The molecule has 0 aliphatic heterocycles. The van der Waals surface area contributed by atoms with E-state index < -0.39 is 5.97 Å². The zero-order valence-corrected chi connectivity index (χ0v) is 10.2.